The molecule has 0 radical (unpaired) electrons. The smallest absolute Gasteiger partial charge is 0.197 e. The zero-order valence-corrected chi connectivity index (χ0v) is 9.59. The molecule has 2 heterocycles. The van der Waals surface area contributed by atoms with Crippen molar-refractivity contribution in [3.63, 3.8) is 0 Å². The maximum atomic E-state index is 12.2. The summed E-state index contributed by atoms with van der Waals surface area (Å²) < 4.78 is 12.2. The van der Waals surface area contributed by atoms with Gasteiger partial charge in [-0.15, -0.1) is 0 Å². The van der Waals surface area contributed by atoms with Gasteiger partial charge in [-0.25, -0.2) is 4.98 Å². The van der Waals surface area contributed by atoms with Crippen molar-refractivity contribution in [2.24, 2.45) is 0 Å². The van der Waals surface area contributed by atoms with Gasteiger partial charge in [0, 0.05) is 6.54 Å². The number of imidazole rings is 1. The Morgan fingerprint density at radius 2 is 2.25 bits per heavy atom. The maximum Gasteiger partial charge on any atom is 0.197 e. The van der Waals surface area contributed by atoms with Crippen molar-refractivity contribution in [3.05, 3.63) is 24.3 Å². The zero-order chi connectivity index (χ0) is 11.0. The van der Waals surface area contributed by atoms with Crippen molar-refractivity contribution in [1.82, 2.24) is 15.3 Å². The first kappa shape index (κ1) is 9.99. The van der Waals surface area contributed by atoms with Gasteiger partial charge in [0.1, 0.15) is 0 Å². The first-order valence-electron chi connectivity index (χ1n) is 5.40. The number of aromatic nitrogens is 2. The molecular formula is C11H13N3OS. The first-order valence-corrected chi connectivity index (χ1v) is 6.62. The standard InChI is InChI=1S/C11H13N3OS/c15-16(8-5-6-12-7-8)11-13-9-3-1-2-4-10(9)14-11/h1-4,8,12H,5-7H2,(H,13,14). The Kier molecular flexibility index (Phi) is 2.49. The molecule has 1 aliphatic rings. The third kappa shape index (κ3) is 1.66. The third-order valence-electron chi connectivity index (χ3n) is 2.88. The molecule has 5 heteroatoms. The quantitative estimate of drug-likeness (QED) is 0.817. The second-order valence-corrected chi connectivity index (χ2v) is 5.62. The Labute approximate surface area is 95.9 Å². The number of fused-ring (bicyclic) bond motifs is 1. The van der Waals surface area contributed by atoms with Gasteiger partial charge in [-0.2, -0.15) is 0 Å². The molecule has 84 valence electrons. The summed E-state index contributed by atoms with van der Waals surface area (Å²) in [7, 11) is -1.02. The second kappa shape index (κ2) is 3.99. The maximum absolute atomic E-state index is 12.2. The number of nitrogens with zero attached hydrogens (tertiary/aromatic N) is 1. The highest BCUT2D eigenvalue weighted by atomic mass is 32.2. The van der Waals surface area contributed by atoms with Gasteiger partial charge in [-0.3, -0.25) is 4.21 Å². The van der Waals surface area contributed by atoms with E-state index in [1.807, 2.05) is 24.3 Å². The van der Waals surface area contributed by atoms with Gasteiger partial charge in [-0.1, -0.05) is 12.1 Å². The molecular weight excluding hydrogens is 222 g/mol. The Morgan fingerprint density at radius 3 is 3.00 bits per heavy atom. The molecule has 16 heavy (non-hydrogen) atoms. The highest BCUT2D eigenvalue weighted by Crippen LogP contribution is 2.17. The molecule has 2 atom stereocenters. The van der Waals surface area contributed by atoms with Gasteiger partial charge in [-0.05, 0) is 25.1 Å². The van der Waals surface area contributed by atoms with Gasteiger partial charge in [0.25, 0.3) is 0 Å². The van der Waals surface area contributed by atoms with Crippen molar-refractivity contribution in [1.29, 1.82) is 0 Å². The predicted octanol–water partition coefficient (Wildman–Crippen LogP) is 1.03. The fourth-order valence-corrected chi connectivity index (χ4v) is 3.31. The summed E-state index contributed by atoms with van der Waals surface area (Å²) in [5, 5.41) is 4.02. The van der Waals surface area contributed by atoms with E-state index in [2.05, 4.69) is 15.3 Å². The molecule has 1 aliphatic heterocycles. The van der Waals surface area contributed by atoms with Crippen LogP contribution < -0.4 is 5.32 Å². The van der Waals surface area contributed by atoms with E-state index in [0.717, 1.165) is 30.5 Å². The molecule has 0 aliphatic carbocycles. The van der Waals surface area contributed by atoms with Crippen LogP contribution in [0.15, 0.2) is 29.4 Å². The first-order chi connectivity index (χ1) is 7.84. The predicted molar refractivity (Wildman–Crippen MR) is 63.8 cm³/mol. The fourth-order valence-electron chi connectivity index (χ4n) is 1.99. The fraction of sp³-hybridized carbons (Fsp3) is 0.364. The van der Waals surface area contributed by atoms with E-state index in [9.17, 15) is 4.21 Å². The van der Waals surface area contributed by atoms with Crippen LogP contribution >= 0.6 is 0 Å². The van der Waals surface area contributed by atoms with Crippen LogP contribution in [0.5, 0.6) is 0 Å². The van der Waals surface area contributed by atoms with E-state index in [4.69, 9.17) is 0 Å². The Balaban J connectivity index is 1.96. The lowest BCUT2D eigenvalue weighted by Gasteiger charge is -2.04. The summed E-state index contributed by atoms with van der Waals surface area (Å²) in [5.74, 6) is 0. The monoisotopic (exact) mass is 235 g/mol. The molecule has 3 rings (SSSR count). The number of nitrogens with one attached hydrogen (secondary N) is 2. The molecule has 0 bridgehead atoms. The summed E-state index contributed by atoms with van der Waals surface area (Å²) >= 11 is 0. The summed E-state index contributed by atoms with van der Waals surface area (Å²) in [4.78, 5) is 7.51. The molecule has 1 fully saturated rings. The minimum absolute atomic E-state index is 0.195. The number of rotatable bonds is 2. The van der Waals surface area contributed by atoms with Gasteiger partial charge in [0.2, 0.25) is 0 Å². The normalized spacial score (nSPS) is 22.6. The van der Waals surface area contributed by atoms with E-state index in [-0.39, 0.29) is 5.25 Å². The molecule has 2 N–H and O–H groups in total. The largest absolute Gasteiger partial charge is 0.331 e. The van der Waals surface area contributed by atoms with Crippen LogP contribution in [0.2, 0.25) is 0 Å². The second-order valence-electron chi connectivity index (χ2n) is 3.97. The van der Waals surface area contributed by atoms with Crippen LogP contribution in [0.3, 0.4) is 0 Å². The molecule has 1 saturated heterocycles. The summed E-state index contributed by atoms with van der Waals surface area (Å²) in [6, 6.07) is 7.77. The van der Waals surface area contributed by atoms with E-state index in [1.165, 1.54) is 0 Å². The average molecular weight is 235 g/mol. The van der Waals surface area contributed by atoms with Crippen LogP contribution in [-0.2, 0) is 10.8 Å². The summed E-state index contributed by atoms with van der Waals surface area (Å²) in [5.41, 5.74) is 1.84. The lowest BCUT2D eigenvalue weighted by molar-refractivity contribution is 0.666. The lowest BCUT2D eigenvalue weighted by atomic mass is 10.3. The highest BCUT2D eigenvalue weighted by molar-refractivity contribution is 7.85. The number of para-hydroxylation sites is 2. The zero-order valence-electron chi connectivity index (χ0n) is 8.77. The van der Waals surface area contributed by atoms with Crippen molar-refractivity contribution >= 4 is 21.8 Å². The van der Waals surface area contributed by atoms with Crippen LogP contribution in [-0.4, -0.2) is 32.5 Å². The average Bonchev–Trinajstić information content (AvgIpc) is 2.97. The van der Waals surface area contributed by atoms with Crippen LogP contribution in [0.4, 0.5) is 0 Å². The number of H-pyrrole nitrogens is 1. The van der Waals surface area contributed by atoms with Gasteiger partial charge < -0.3 is 10.3 Å². The third-order valence-corrected chi connectivity index (χ3v) is 4.46. The molecule has 4 nitrogen and oxygen atoms in total. The summed E-state index contributed by atoms with van der Waals surface area (Å²) in [6.45, 7) is 1.78. The molecule has 0 saturated carbocycles. The Hall–Kier alpha value is -1.20. The summed E-state index contributed by atoms with van der Waals surface area (Å²) in [6.07, 6.45) is 0.962. The molecule has 2 aromatic rings. The Bertz CT molecular complexity index is 498. The van der Waals surface area contributed by atoms with E-state index < -0.39 is 10.8 Å². The van der Waals surface area contributed by atoms with Crippen LogP contribution in [0, 0.1) is 0 Å². The van der Waals surface area contributed by atoms with Gasteiger partial charge >= 0.3 is 0 Å². The molecule has 2 unspecified atom stereocenters. The van der Waals surface area contributed by atoms with E-state index in [1.54, 1.807) is 0 Å². The molecule has 0 spiro atoms. The van der Waals surface area contributed by atoms with Crippen LogP contribution in [0.25, 0.3) is 11.0 Å². The number of hydrogen-bond acceptors (Lipinski definition) is 3. The van der Waals surface area contributed by atoms with Crippen molar-refractivity contribution in [2.75, 3.05) is 13.1 Å². The number of aromatic amines is 1. The van der Waals surface area contributed by atoms with Gasteiger partial charge in [0.05, 0.1) is 27.1 Å². The number of hydrogen-bond donors (Lipinski definition) is 2. The van der Waals surface area contributed by atoms with E-state index >= 15 is 0 Å². The SMILES string of the molecule is O=S(c1nc2ccccc2[nH]1)C1CCNC1. The topological polar surface area (TPSA) is 57.8 Å². The van der Waals surface area contributed by atoms with Crippen molar-refractivity contribution < 1.29 is 4.21 Å². The minimum atomic E-state index is -1.02. The van der Waals surface area contributed by atoms with Crippen LogP contribution in [0.1, 0.15) is 6.42 Å². The van der Waals surface area contributed by atoms with E-state index in [0.29, 0.717) is 5.16 Å². The minimum Gasteiger partial charge on any atom is -0.331 e. The highest BCUT2D eigenvalue weighted by Gasteiger charge is 2.24. The lowest BCUT2D eigenvalue weighted by Crippen LogP contribution is -2.19. The molecule has 1 aromatic heterocycles. The van der Waals surface area contributed by atoms with Crippen molar-refractivity contribution in [2.45, 2.75) is 16.8 Å². The Morgan fingerprint density at radius 1 is 1.38 bits per heavy atom. The number of benzene rings is 1. The molecule has 1 aromatic carbocycles. The van der Waals surface area contributed by atoms with Gasteiger partial charge in [0.15, 0.2) is 5.16 Å². The van der Waals surface area contributed by atoms with Crippen molar-refractivity contribution in [3.8, 4) is 0 Å². The molecule has 0 amide bonds.